The van der Waals surface area contributed by atoms with Gasteiger partial charge in [0.25, 0.3) is 5.91 Å². The van der Waals surface area contributed by atoms with Crippen LogP contribution in [0.1, 0.15) is 34.7 Å². The molecule has 0 aliphatic carbocycles. The Kier molecular flexibility index (Phi) is 3.99. The minimum Gasteiger partial charge on any atom is -0.634 e. The second-order valence-electron chi connectivity index (χ2n) is 6.60. The number of quaternary nitrogens is 1. The number of rotatable bonds is 3. The monoisotopic (exact) mass is 336 g/mol. The standard InChI is InChI=1S/C19H20N4O2/c20-19(24)17-5-1-3-15-12-23(21-18(15)17)16-8-6-13(7-9-16)14-4-2-10-22(25)11-14/h1,3,5-9,12,14,22H,2,4,10-11H2,(H2,20,24)/t14-/m1/s1. The van der Waals surface area contributed by atoms with Crippen molar-refractivity contribution in [2.45, 2.75) is 18.8 Å². The van der Waals surface area contributed by atoms with E-state index in [-0.39, 0.29) is 0 Å². The highest BCUT2D eigenvalue weighted by Crippen LogP contribution is 2.24. The number of nitrogens with one attached hydrogen (secondary N) is 1. The summed E-state index contributed by atoms with van der Waals surface area (Å²) in [5.41, 5.74) is 8.57. The van der Waals surface area contributed by atoms with Gasteiger partial charge in [0, 0.05) is 17.5 Å². The van der Waals surface area contributed by atoms with Crippen LogP contribution in [-0.4, -0.2) is 28.8 Å². The van der Waals surface area contributed by atoms with Crippen LogP contribution in [0.4, 0.5) is 0 Å². The Morgan fingerprint density at radius 3 is 2.76 bits per heavy atom. The zero-order valence-electron chi connectivity index (χ0n) is 13.8. The predicted molar refractivity (Wildman–Crippen MR) is 95.6 cm³/mol. The summed E-state index contributed by atoms with van der Waals surface area (Å²) in [6, 6.07) is 13.5. The highest BCUT2D eigenvalue weighted by atomic mass is 16.5. The molecule has 6 heteroatoms. The maximum Gasteiger partial charge on any atom is 0.250 e. The molecule has 0 spiro atoms. The largest absolute Gasteiger partial charge is 0.634 e. The third-order valence-corrected chi connectivity index (χ3v) is 4.91. The maximum atomic E-state index is 11.7. The fourth-order valence-electron chi connectivity index (χ4n) is 3.58. The van der Waals surface area contributed by atoms with Crippen molar-refractivity contribution < 1.29 is 9.86 Å². The van der Waals surface area contributed by atoms with Crippen LogP contribution in [0, 0.1) is 5.21 Å². The van der Waals surface area contributed by atoms with E-state index in [1.165, 1.54) is 5.56 Å². The first-order chi connectivity index (χ1) is 12.1. The first kappa shape index (κ1) is 15.8. The molecule has 1 saturated heterocycles. The molecule has 128 valence electrons. The Balaban J connectivity index is 1.65. The smallest absolute Gasteiger partial charge is 0.250 e. The summed E-state index contributed by atoms with van der Waals surface area (Å²) in [7, 11) is 0. The molecule has 0 bridgehead atoms. The van der Waals surface area contributed by atoms with E-state index in [0.717, 1.165) is 30.5 Å². The number of aromatic nitrogens is 2. The summed E-state index contributed by atoms with van der Waals surface area (Å²) in [5, 5.41) is 17.4. The van der Waals surface area contributed by atoms with Crippen LogP contribution >= 0.6 is 0 Å². The zero-order chi connectivity index (χ0) is 17.4. The van der Waals surface area contributed by atoms with Crippen molar-refractivity contribution in [2.24, 2.45) is 5.73 Å². The molecule has 4 rings (SSSR count). The normalized spacial score (nSPS) is 20.7. The molecule has 0 radical (unpaired) electrons. The average molecular weight is 336 g/mol. The topological polar surface area (TPSA) is 88.4 Å². The highest BCUT2D eigenvalue weighted by Gasteiger charge is 2.20. The quantitative estimate of drug-likeness (QED) is 0.708. The molecular formula is C19H20N4O2. The van der Waals surface area contributed by atoms with Gasteiger partial charge in [-0.3, -0.25) is 4.79 Å². The van der Waals surface area contributed by atoms with Gasteiger partial charge in [0.05, 0.1) is 24.3 Å². The van der Waals surface area contributed by atoms with E-state index < -0.39 is 5.91 Å². The number of nitrogens with zero attached hydrogens (tertiary/aromatic N) is 2. The number of piperidine rings is 1. The van der Waals surface area contributed by atoms with Crippen LogP contribution in [0.25, 0.3) is 16.6 Å². The Hall–Kier alpha value is -2.70. The van der Waals surface area contributed by atoms with Crippen molar-refractivity contribution in [1.82, 2.24) is 9.78 Å². The SMILES string of the molecule is NC(=O)c1cccc2cn(-c3ccc([C@@H]4CCC[NH+]([O-])C4)cc3)nc12. The van der Waals surface area contributed by atoms with Gasteiger partial charge in [-0.25, -0.2) is 4.68 Å². The molecule has 3 N–H and O–H groups in total. The fraction of sp³-hybridized carbons (Fsp3) is 0.263. The van der Waals surface area contributed by atoms with Gasteiger partial charge in [-0.15, -0.1) is 0 Å². The van der Waals surface area contributed by atoms with Crippen molar-refractivity contribution in [1.29, 1.82) is 0 Å². The van der Waals surface area contributed by atoms with Gasteiger partial charge in [-0.2, -0.15) is 5.10 Å². The molecule has 2 atom stereocenters. The first-order valence-electron chi connectivity index (χ1n) is 8.52. The molecule has 1 aromatic heterocycles. The number of benzene rings is 2. The summed E-state index contributed by atoms with van der Waals surface area (Å²) in [6.45, 7) is 1.36. The lowest BCUT2D eigenvalue weighted by Crippen LogP contribution is -3.08. The summed E-state index contributed by atoms with van der Waals surface area (Å²) >= 11 is 0. The second-order valence-corrected chi connectivity index (χ2v) is 6.60. The van der Waals surface area contributed by atoms with E-state index in [4.69, 9.17) is 5.73 Å². The Morgan fingerprint density at radius 1 is 1.24 bits per heavy atom. The third-order valence-electron chi connectivity index (χ3n) is 4.91. The van der Waals surface area contributed by atoms with Gasteiger partial charge in [0.2, 0.25) is 0 Å². The fourth-order valence-corrected chi connectivity index (χ4v) is 3.58. The minimum absolute atomic E-state index is 0.327. The molecule has 1 unspecified atom stereocenters. The van der Waals surface area contributed by atoms with Crippen LogP contribution in [0.3, 0.4) is 0 Å². The summed E-state index contributed by atoms with van der Waals surface area (Å²) in [4.78, 5) is 11.6. The molecular weight excluding hydrogens is 316 g/mol. The first-order valence-corrected chi connectivity index (χ1v) is 8.52. The summed E-state index contributed by atoms with van der Waals surface area (Å²) in [6.07, 6.45) is 3.94. The number of hydrogen-bond donors (Lipinski definition) is 2. The minimum atomic E-state index is -0.479. The molecule has 6 nitrogen and oxygen atoms in total. The van der Waals surface area contributed by atoms with E-state index in [2.05, 4.69) is 17.2 Å². The molecule has 0 saturated carbocycles. The Bertz CT molecular complexity index is 917. The van der Waals surface area contributed by atoms with Crippen LogP contribution < -0.4 is 10.8 Å². The molecule has 1 fully saturated rings. The van der Waals surface area contributed by atoms with Gasteiger partial charge in [-0.05, 0) is 36.6 Å². The summed E-state index contributed by atoms with van der Waals surface area (Å²) in [5.74, 6) is -0.151. The average Bonchev–Trinajstić information content (AvgIpc) is 3.06. The van der Waals surface area contributed by atoms with Crippen molar-refractivity contribution >= 4 is 16.8 Å². The highest BCUT2D eigenvalue weighted by molar-refractivity contribution is 6.04. The Labute approximate surface area is 145 Å². The summed E-state index contributed by atoms with van der Waals surface area (Å²) < 4.78 is 1.76. The van der Waals surface area contributed by atoms with Gasteiger partial charge in [0.15, 0.2) is 0 Å². The number of hydroxylamine groups is 2. The van der Waals surface area contributed by atoms with Gasteiger partial charge in [0.1, 0.15) is 5.52 Å². The molecule has 2 aromatic carbocycles. The number of primary amides is 1. The lowest BCUT2D eigenvalue weighted by molar-refractivity contribution is -0.855. The Morgan fingerprint density at radius 2 is 2.04 bits per heavy atom. The molecule has 1 amide bonds. The number of carbonyl (C=O) groups excluding carboxylic acids is 1. The van der Waals surface area contributed by atoms with Crippen molar-refractivity contribution in [3.05, 3.63) is 65.0 Å². The number of hydrogen-bond acceptors (Lipinski definition) is 3. The van der Waals surface area contributed by atoms with E-state index in [9.17, 15) is 10.0 Å². The molecule has 2 heterocycles. The molecule has 25 heavy (non-hydrogen) atoms. The predicted octanol–water partition coefficient (Wildman–Crippen LogP) is 1.38. The number of fused-ring (bicyclic) bond motifs is 1. The van der Waals surface area contributed by atoms with Gasteiger partial charge in [-0.1, -0.05) is 24.3 Å². The molecule has 3 aromatic rings. The van der Waals surface area contributed by atoms with Crippen molar-refractivity contribution in [2.75, 3.05) is 13.1 Å². The van der Waals surface area contributed by atoms with Gasteiger partial charge < -0.3 is 16.0 Å². The third kappa shape index (κ3) is 3.01. The lowest BCUT2D eigenvalue weighted by Gasteiger charge is -2.32. The molecule has 1 aliphatic rings. The van der Waals surface area contributed by atoms with Crippen LogP contribution in [0.2, 0.25) is 0 Å². The van der Waals surface area contributed by atoms with Crippen LogP contribution in [-0.2, 0) is 0 Å². The lowest BCUT2D eigenvalue weighted by atomic mass is 9.91. The van der Waals surface area contributed by atoms with Crippen molar-refractivity contribution in [3.8, 4) is 5.69 Å². The van der Waals surface area contributed by atoms with E-state index in [1.807, 2.05) is 24.4 Å². The second kappa shape index (κ2) is 6.31. The number of amides is 1. The van der Waals surface area contributed by atoms with Crippen molar-refractivity contribution in [3.63, 3.8) is 0 Å². The maximum absolute atomic E-state index is 11.7. The number of nitrogens with two attached hydrogens (primary N) is 1. The zero-order valence-corrected chi connectivity index (χ0v) is 13.8. The van der Waals surface area contributed by atoms with E-state index in [0.29, 0.717) is 28.6 Å². The van der Waals surface area contributed by atoms with Crippen LogP contribution in [0.15, 0.2) is 48.7 Å². The van der Waals surface area contributed by atoms with Gasteiger partial charge >= 0.3 is 0 Å². The molecule has 1 aliphatic heterocycles. The van der Waals surface area contributed by atoms with E-state index in [1.54, 1.807) is 16.8 Å². The van der Waals surface area contributed by atoms with Crippen LogP contribution in [0.5, 0.6) is 0 Å². The van der Waals surface area contributed by atoms with E-state index >= 15 is 0 Å². The number of carbonyl (C=O) groups is 1.